The molecule has 1 aliphatic rings. The van der Waals surface area contributed by atoms with Gasteiger partial charge in [-0.25, -0.2) is 9.97 Å². The average Bonchev–Trinajstić information content (AvgIpc) is 3.23. The fourth-order valence-corrected chi connectivity index (χ4v) is 2.48. The number of nitrogens with zero attached hydrogens (tertiary/aromatic N) is 2. The first kappa shape index (κ1) is 12.6. The van der Waals surface area contributed by atoms with Gasteiger partial charge in [-0.3, -0.25) is 0 Å². The van der Waals surface area contributed by atoms with Gasteiger partial charge in [0.2, 0.25) is 0 Å². The van der Waals surface area contributed by atoms with Crippen LogP contribution < -0.4 is 5.32 Å². The van der Waals surface area contributed by atoms with Crippen molar-refractivity contribution in [3.8, 4) is 0 Å². The first-order valence-electron chi connectivity index (χ1n) is 6.58. The third-order valence-corrected chi connectivity index (χ3v) is 3.72. The van der Waals surface area contributed by atoms with Crippen LogP contribution in [0.25, 0.3) is 0 Å². The van der Waals surface area contributed by atoms with Gasteiger partial charge < -0.3 is 5.32 Å². The highest BCUT2D eigenvalue weighted by Crippen LogP contribution is 2.39. The predicted octanol–water partition coefficient (Wildman–Crippen LogP) is 4.29. The van der Waals surface area contributed by atoms with Gasteiger partial charge in [0.15, 0.2) is 0 Å². The molecule has 0 aliphatic heterocycles. The Hall–Kier alpha value is -1.42. The van der Waals surface area contributed by atoms with E-state index in [9.17, 15) is 0 Å². The maximum atomic E-state index is 4.61. The van der Waals surface area contributed by atoms with E-state index in [1.807, 2.05) is 12.1 Å². The van der Waals surface area contributed by atoms with E-state index in [0.717, 1.165) is 16.2 Å². The van der Waals surface area contributed by atoms with Crippen LogP contribution in [0, 0.1) is 0 Å². The zero-order chi connectivity index (χ0) is 13.2. The van der Waals surface area contributed by atoms with Crippen LogP contribution in [0.2, 0.25) is 0 Å². The van der Waals surface area contributed by atoms with Crippen LogP contribution in [0.3, 0.4) is 0 Å². The maximum absolute atomic E-state index is 4.61. The van der Waals surface area contributed by atoms with Gasteiger partial charge in [0.1, 0.15) is 16.2 Å². The quantitative estimate of drug-likeness (QED) is 0.855. The number of benzene rings is 1. The van der Waals surface area contributed by atoms with Crippen molar-refractivity contribution >= 4 is 21.7 Å². The molecule has 1 saturated carbocycles. The van der Waals surface area contributed by atoms with E-state index in [2.05, 4.69) is 62.4 Å². The average molecular weight is 318 g/mol. The molecule has 0 amide bonds. The van der Waals surface area contributed by atoms with E-state index in [0.29, 0.717) is 5.92 Å². The van der Waals surface area contributed by atoms with Crippen LogP contribution >= 0.6 is 15.9 Å². The SMILES string of the molecule is CC(Nc1cc(Br)nc(C2CC2)n1)c1ccccc1. The molecule has 4 heteroatoms. The molecule has 1 unspecified atom stereocenters. The minimum atomic E-state index is 0.232. The molecule has 0 saturated heterocycles. The third kappa shape index (κ3) is 3.13. The second-order valence-electron chi connectivity index (χ2n) is 4.99. The van der Waals surface area contributed by atoms with E-state index in [1.54, 1.807) is 0 Å². The zero-order valence-electron chi connectivity index (χ0n) is 10.8. The van der Waals surface area contributed by atoms with E-state index < -0.39 is 0 Å². The summed E-state index contributed by atoms with van der Waals surface area (Å²) in [6, 6.07) is 12.5. The molecule has 3 nitrogen and oxygen atoms in total. The number of hydrogen-bond acceptors (Lipinski definition) is 3. The Balaban J connectivity index is 1.79. The summed E-state index contributed by atoms with van der Waals surface area (Å²) in [7, 11) is 0. The summed E-state index contributed by atoms with van der Waals surface area (Å²) in [5, 5.41) is 3.44. The number of anilines is 1. The van der Waals surface area contributed by atoms with E-state index in [1.165, 1.54) is 18.4 Å². The Morgan fingerprint density at radius 1 is 1.21 bits per heavy atom. The van der Waals surface area contributed by atoms with Gasteiger partial charge in [-0.05, 0) is 41.3 Å². The highest BCUT2D eigenvalue weighted by molar-refractivity contribution is 9.10. The summed E-state index contributed by atoms with van der Waals surface area (Å²) in [6.45, 7) is 2.14. The van der Waals surface area contributed by atoms with Crippen molar-refractivity contribution < 1.29 is 0 Å². The minimum Gasteiger partial charge on any atom is -0.363 e. The van der Waals surface area contributed by atoms with Gasteiger partial charge in [0.25, 0.3) is 0 Å². The lowest BCUT2D eigenvalue weighted by molar-refractivity contribution is 0.850. The fraction of sp³-hybridized carbons (Fsp3) is 0.333. The van der Waals surface area contributed by atoms with Crippen molar-refractivity contribution in [3.05, 3.63) is 52.4 Å². The molecule has 98 valence electrons. The first-order valence-corrected chi connectivity index (χ1v) is 7.37. The van der Waals surface area contributed by atoms with Crippen LogP contribution in [0.5, 0.6) is 0 Å². The minimum absolute atomic E-state index is 0.232. The lowest BCUT2D eigenvalue weighted by Crippen LogP contribution is -2.09. The summed E-state index contributed by atoms with van der Waals surface area (Å²) < 4.78 is 0.854. The highest BCUT2D eigenvalue weighted by Gasteiger charge is 2.27. The highest BCUT2D eigenvalue weighted by atomic mass is 79.9. The van der Waals surface area contributed by atoms with Crippen LogP contribution in [-0.2, 0) is 0 Å². The molecule has 3 rings (SSSR count). The molecule has 0 spiro atoms. The molecule has 1 heterocycles. The molecule has 1 aliphatic carbocycles. The molecule has 1 N–H and O–H groups in total. The maximum Gasteiger partial charge on any atom is 0.135 e. The first-order chi connectivity index (χ1) is 9.22. The van der Waals surface area contributed by atoms with Gasteiger partial charge in [-0.2, -0.15) is 0 Å². The number of rotatable bonds is 4. The number of aromatic nitrogens is 2. The van der Waals surface area contributed by atoms with Gasteiger partial charge in [0, 0.05) is 18.0 Å². The molecule has 0 radical (unpaired) electrons. The largest absolute Gasteiger partial charge is 0.363 e. The summed E-state index contributed by atoms with van der Waals surface area (Å²) in [5.74, 6) is 2.40. The molecule has 1 fully saturated rings. The van der Waals surface area contributed by atoms with Crippen molar-refractivity contribution in [2.24, 2.45) is 0 Å². The van der Waals surface area contributed by atoms with Gasteiger partial charge in [-0.15, -0.1) is 0 Å². The normalized spacial score (nSPS) is 16.1. The van der Waals surface area contributed by atoms with E-state index >= 15 is 0 Å². The monoisotopic (exact) mass is 317 g/mol. The van der Waals surface area contributed by atoms with E-state index in [4.69, 9.17) is 0 Å². The molecule has 1 aromatic heterocycles. The topological polar surface area (TPSA) is 37.8 Å². The van der Waals surface area contributed by atoms with Crippen LogP contribution in [0.1, 0.15) is 43.1 Å². The van der Waals surface area contributed by atoms with Crippen molar-refractivity contribution in [2.45, 2.75) is 31.7 Å². The lowest BCUT2D eigenvalue weighted by atomic mass is 10.1. The second kappa shape index (κ2) is 5.29. The van der Waals surface area contributed by atoms with Gasteiger partial charge in [0.05, 0.1) is 0 Å². The smallest absolute Gasteiger partial charge is 0.135 e. The zero-order valence-corrected chi connectivity index (χ0v) is 12.4. The van der Waals surface area contributed by atoms with Crippen LogP contribution in [-0.4, -0.2) is 9.97 Å². The van der Waals surface area contributed by atoms with E-state index in [-0.39, 0.29) is 6.04 Å². The van der Waals surface area contributed by atoms with Crippen molar-refractivity contribution in [1.29, 1.82) is 0 Å². The Morgan fingerprint density at radius 2 is 1.95 bits per heavy atom. The summed E-state index contributed by atoms with van der Waals surface area (Å²) >= 11 is 3.46. The molecule has 1 aromatic carbocycles. The number of hydrogen-bond donors (Lipinski definition) is 1. The summed E-state index contributed by atoms with van der Waals surface area (Å²) in [5.41, 5.74) is 1.25. The Morgan fingerprint density at radius 3 is 2.63 bits per heavy atom. The van der Waals surface area contributed by atoms with Gasteiger partial charge in [-0.1, -0.05) is 30.3 Å². The second-order valence-corrected chi connectivity index (χ2v) is 5.80. The number of halogens is 1. The molecule has 1 atom stereocenters. The predicted molar refractivity (Wildman–Crippen MR) is 80.2 cm³/mol. The Labute approximate surface area is 121 Å². The third-order valence-electron chi connectivity index (χ3n) is 3.32. The summed E-state index contributed by atoms with van der Waals surface area (Å²) in [6.07, 6.45) is 2.42. The Bertz CT molecular complexity index is 567. The van der Waals surface area contributed by atoms with Crippen molar-refractivity contribution in [1.82, 2.24) is 9.97 Å². The molecule has 0 bridgehead atoms. The summed E-state index contributed by atoms with van der Waals surface area (Å²) in [4.78, 5) is 9.05. The number of nitrogens with one attached hydrogen (secondary N) is 1. The molecule has 19 heavy (non-hydrogen) atoms. The lowest BCUT2D eigenvalue weighted by Gasteiger charge is -2.15. The Kier molecular flexibility index (Phi) is 3.51. The van der Waals surface area contributed by atoms with Gasteiger partial charge >= 0.3 is 0 Å². The fourth-order valence-electron chi connectivity index (χ4n) is 2.08. The molecule has 2 aromatic rings. The molecular weight excluding hydrogens is 302 g/mol. The van der Waals surface area contributed by atoms with Crippen molar-refractivity contribution in [3.63, 3.8) is 0 Å². The standard InChI is InChI=1S/C15H16BrN3/c1-10(11-5-3-2-4-6-11)17-14-9-13(16)18-15(19-14)12-7-8-12/h2-6,9-10,12H,7-8H2,1H3,(H,17,18,19). The molecular formula is C15H16BrN3. The van der Waals surface area contributed by atoms with Crippen LogP contribution in [0.4, 0.5) is 5.82 Å². The van der Waals surface area contributed by atoms with Crippen molar-refractivity contribution in [2.75, 3.05) is 5.32 Å². The van der Waals surface area contributed by atoms with Crippen LogP contribution in [0.15, 0.2) is 41.0 Å².